The summed E-state index contributed by atoms with van der Waals surface area (Å²) in [5.74, 6) is -1.06. The highest BCUT2D eigenvalue weighted by Crippen LogP contribution is 2.09. The second-order valence-electron chi connectivity index (χ2n) is 4.42. The number of hydrogen-bond acceptors (Lipinski definition) is 3. The van der Waals surface area contributed by atoms with Crippen molar-refractivity contribution < 1.29 is 19.4 Å². The highest BCUT2D eigenvalue weighted by Gasteiger charge is 2.15. The van der Waals surface area contributed by atoms with Crippen molar-refractivity contribution in [2.75, 3.05) is 33.4 Å². The number of carboxylic acid groups (broad SMARTS) is 1. The van der Waals surface area contributed by atoms with E-state index < -0.39 is 12.0 Å². The molecule has 0 aliphatic heterocycles. The van der Waals surface area contributed by atoms with Crippen molar-refractivity contribution in [2.24, 2.45) is 0 Å². The van der Waals surface area contributed by atoms with Crippen LogP contribution < -0.4 is 5.32 Å². The number of ether oxygens (including phenoxy) is 1. The monoisotopic (exact) mass is 314 g/mol. The molecule has 0 spiro atoms. The van der Waals surface area contributed by atoms with Crippen molar-refractivity contribution in [2.45, 2.75) is 6.42 Å². The van der Waals surface area contributed by atoms with E-state index in [1.165, 1.54) is 12.0 Å². The topological polar surface area (TPSA) is 78.9 Å². The van der Waals surface area contributed by atoms with Crippen LogP contribution in [0.25, 0.3) is 0 Å². The summed E-state index contributed by atoms with van der Waals surface area (Å²) in [6.07, 6.45) is 0.647. The van der Waals surface area contributed by atoms with Crippen LogP contribution in [-0.4, -0.2) is 55.4 Å². The molecule has 0 radical (unpaired) electrons. The minimum absolute atomic E-state index is 0.232. The summed E-state index contributed by atoms with van der Waals surface area (Å²) >= 11 is 5.79. The zero-order valence-electron chi connectivity index (χ0n) is 11.8. The number of aliphatic carboxylic acids is 1. The lowest BCUT2D eigenvalue weighted by molar-refractivity contribution is -0.137. The van der Waals surface area contributed by atoms with Crippen molar-refractivity contribution in [3.8, 4) is 0 Å². The van der Waals surface area contributed by atoms with Gasteiger partial charge in [0.2, 0.25) is 0 Å². The summed E-state index contributed by atoms with van der Waals surface area (Å²) in [6.45, 7) is 0.590. The normalized spacial score (nSPS) is 10.2. The Kier molecular flexibility index (Phi) is 7.56. The Morgan fingerprint density at radius 2 is 2.00 bits per heavy atom. The zero-order chi connectivity index (χ0) is 15.7. The quantitative estimate of drug-likeness (QED) is 0.764. The SMILES string of the molecule is COCCN(CC(=O)O)C(=O)NCCc1ccc(Cl)cc1. The molecular formula is C14H19ClN2O4. The van der Waals surface area contributed by atoms with Crippen molar-refractivity contribution in [1.29, 1.82) is 0 Å². The van der Waals surface area contributed by atoms with Gasteiger partial charge in [0.25, 0.3) is 0 Å². The Bertz CT molecular complexity index is 465. The van der Waals surface area contributed by atoms with E-state index in [1.54, 1.807) is 12.1 Å². The molecule has 1 aromatic rings. The molecule has 0 atom stereocenters. The van der Waals surface area contributed by atoms with Gasteiger partial charge in [-0.1, -0.05) is 23.7 Å². The number of hydrogen-bond donors (Lipinski definition) is 2. The van der Waals surface area contributed by atoms with Gasteiger partial charge in [0, 0.05) is 25.2 Å². The first-order chi connectivity index (χ1) is 10.0. The number of carbonyl (C=O) groups excluding carboxylic acids is 1. The Morgan fingerprint density at radius 3 is 2.57 bits per heavy atom. The molecule has 2 amide bonds. The summed E-state index contributed by atoms with van der Waals surface area (Å²) in [5.41, 5.74) is 1.04. The van der Waals surface area contributed by atoms with Gasteiger partial charge in [-0.3, -0.25) is 4.79 Å². The van der Waals surface area contributed by atoms with Gasteiger partial charge in [-0.15, -0.1) is 0 Å². The molecule has 7 heteroatoms. The molecule has 1 aromatic carbocycles. The zero-order valence-corrected chi connectivity index (χ0v) is 12.6. The molecule has 0 saturated carbocycles. The minimum Gasteiger partial charge on any atom is -0.480 e. The Balaban J connectivity index is 2.41. The maximum Gasteiger partial charge on any atom is 0.323 e. The molecular weight excluding hydrogens is 296 g/mol. The molecule has 6 nitrogen and oxygen atoms in total. The average molecular weight is 315 g/mol. The van der Waals surface area contributed by atoms with E-state index in [2.05, 4.69) is 5.32 Å². The van der Waals surface area contributed by atoms with Crippen LogP contribution in [0, 0.1) is 0 Å². The van der Waals surface area contributed by atoms with Crippen molar-refractivity contribution in [3.05, 3.63) is 34.9 Å². The standard InChI is InChI=1S/C14H19ClN2O4/c1-21-9-8-17(10-13(18)19)14(20)16-7-6-11-2-4-12(15)5-3-11/h2-5H,6-10H2,1H3,(H,16,20)(H,18,19). The van der Waals surface area contributed by atoms with E-state index in [-0.39, 0.29) is 19.7 Å². The lowest BCUT2D eigenvalue weighted by Gasteiger charge is -2.20. The minimum atomic E-state index is -1.06. The molecule has 21 heavy (non-hydrogen) atoms. The Morgan fingerprint density at radius 1 is 1.33 bits per heavy atom. The fourth-order valence-electron chi connectivity index (χ4n) is 1.69. The molecule has 0 bridgehead atoms. The predicted molar refractivity (Wildman–Crippen MR) is 79.6 cm³/mol. The van der Waals surface area contributed by atoms with Gasteiger partial charge in [0.1, 0.15) is 6.54 Å². The van der Waals surface area contributed by atoms with Crippen molar-refractivity contribution >= 4 is 23.6 Å². The third-order valence-electron chi connectivity index (χ3n) is 2.78. The highest BCUT2D eigenvalue weighted by atomic mass is 35.5. The number of amides is 2. The molecule has 0 aliphatic carbocycles. The fraction of sp³-hybridized carbons (Fsp3) is 0.429. The maximum absolute atomic E-state index is 11.9. The number of nitrogens with one attached hydrogen (secondary N) is 1. The van der Waals surface area contributed by atoms with Gasteiger partial charge in [-0.25, -0.2) is 4.79 Å². The fourth-order valence-corrected chi connectivity index (χ4v) is 1.82. The summed E-state index contributed by atoms with van der Waals surface area (Å²) in [7, 11) is 1.50. The molecule has 0 unspecified atom stereocenters. The van der Waals surface area contributed by atoms with Gasteiger partial charge in [0.15, 0.2) is 0 Å². The van der Waals surface area contributed by atoms with Crippen LogP contribution in [0.1, 0.15) is 5.56 Å². The molecule has 1 rings (SSSR count). The first-order valence-electron chi connectivity index (χ1n) is 6.51. The molecule has 0 heterocycles. The van der Waals surface area contributed by atoms with Crippen LogP contribution in [0.3, 0.4) is 0 Å². The third kappa shape index (κ3) is 6.97. The van der Waals surface area contributed by atoms with Gasteiger partial charge in [-0.05, 0) is 24.1 Å². The first-order valence-corrected chi connectivity index (χ1v) is 6.88. The van der Waals surface area contributed by atoms with E-state index >= 15 is 0 Å². The summed E-state index contributed by atoms with van der Waals surface area (Å²) in [4.78, 5) is 23.8. The van der Waals surface area contributed by atoms with E-state index in [4.69, 9.17) is 21.4 Å². The maximum atomic E-state index is 11.9. The largest absolute Gasteiger partial charge is 0.480 e. The number of carboxylic acids is 1. The number of urea groups is 1. The summed E-state index contributed by atoms with van der Waals surface area (Å²) in [5, 5.41) is 12.1. The van der Waals surface area contributed by atoms with Gasteiger partial charge >= 0.3 is 12.0 Å². The van der Waals surface area contributed by atoms with Crippen molar-refractivity contribution in [1.82, 2.24) is 10.2 Å². The van der Waals surface area contributed by atoms with Gasteiger partial charge in [-0.2, -0.15) is 0 Å². The molecule has 0 fully saturated rings. The lowest BCUT2D eigenvalue weighted by atomic mass is 10.1. The summed E-state index contributed by atoms with van der Waals surface area (Å²) < 4.78 is 4.86. The number of rotatable bonds is 8. The van der Waals surface area contributed by atoms with E-state index in [0.29, 0.717) is 18.0 Å². The number of nitrogens with zero attached hydrogens (tertiary/aromatic N) is 1. The second kappa shape index (κ2) is 9.20. The smallest absolute Gasteiger partial charge is 0.323 e. The Labute approximate surface area is 128 Å². The molecule has 0 saturated heterocycles. The number of methoxy groups -OCH3 is 1. The molecule has 2 N–H and O–H groups in total. The Hall–Kier alpha value is -1.79. The van der Waals surface area contributed by atoms with Gasteiger partial charge in [0.05, 0.1) is 6.61 Å². The molecule has 116 valence electrons. The van der Waals surface area contributed by atoms with Crippen LogP contribution in [0.5, 0.6) is 0 Å². The lowest BCUT2D eigenvalue weighted by Crippen LogP contribution is -2.44. The van der Waals surface area contributed by atoms with Crippen LogP contribution in [0.4, 0.5) is 4.79 Å². The number of benzene rings is 1. The van der Waals surface area contributed by atoms with Crippen molar-refractivity contribution in [3.63, 3.8) is 0 Å². The van der Waals surface area contributed by atoms with Gasteiger partial charge < -0.3 is 20.1 Å². The average Bonchev–Trinajstić information content (AvgIpc) is 2.45. The van der Waals surface area contributed by atoms with E-state index in [1.807, 2.05) is 12.1 Å². The summed E-state index contributed by atoms with van der Waals surface area (Å²) in [6, 6.07) is 6.92. The number of carbonyl (C=O) groups is 2. The van der Waals surface area contributed by atoms with E-state index in [9.17, 15) is 9.59 Å². The van der Waals surface area contributed by atoms with Crippen LogP contribution >= 0.6 is 11.6 Å². The third-order valence-corrected chi connectivity index (χ3v) is 3.03. The number of halogens is 1. The van der Waals surface area contributed by atoms with E-state index in [0.717, 1.165) is 5.56 Å². The molecule has 0 aromatic heterocycles. The van der Waals surface area contributed by atoms with Crippen LogP contribution in [0.2, 0.25) is 5.02 Å². The first kappa shape index (κ1) is 17.3. The molecule has 0 aliphatic rings. The second-order valence-corrected chi connectivity index (χ2v) is 4.85. The van der Waals surface area contributed by atoms with Crippen LogP contribution in [-0.2, 0) is 16.0 Å². The van der Waals surface area contributed by atoms with Crippen LogP contribution in [0.15, 0.2) is 24.3 Å². The highest BCUT2D eigenvalue weighted by molar-refractivity contribution is 6.30. The predicted octanol–water partition coefficient (Wildman–Crippen LogP) is 1.63.